The highest BCUT2D eigenvalue weighted by molar-refractivity contribution is 7.12. The molecule has 7 nitrogen and oxygen atoms in total. The number of amides is 2. The van der Waals surface area contributed by atoms with E-state index in [0.29, 0.717) is 33.9 Å². The van der Waals surface area contributed by atoms with Gasteiger partial charge in [-0.15, -0.1) is 11.3 Å². The van der Waals surface area contributed by atoms with Crippen LogP contribution in [0.15, 0.2) is 42.6 Å². The highest BCUT2D eigenvalue weighted by Gasteiger charge is 2.24. The van der Waals surface area contributed by atoms with E-state index in [0.717, 1.165) is 29.0 Å². The molecule has 34 heavy (non-hydrogen) atoms. The second-order valence-electron chi connectivity index (χ2n) is 9.08. The molecule has 1 aliphatic carbocycles. The minimum atomic E-state index is -0.239. The predicted octanol–water partition coefficient (Wildman–Crippen LogP) is 5.50. The Balaban J connectivity index is 1.48. The summed E-state index contributed by atoms with van der Waals surface area (Å²) in [6.07, 6.45) is 3.79. The summed E-state index contributed by atoms with van der Waals surface area (Å²) in [6, 6.07) is 11.3. The number of fused-ring (bicyclic) bond motifs is 1. The molecule has 174 valence electrons. The number of pyridine rings is 1. The average molecular weight is 474 g/mol. The highest BCUT2D eigenvalue weighted by atomic mass is 32.1. The molecule has 3 heterocycles. The first-order chi connectivity index (χ1) is 16.3. The summed E-state index contributed by atoms with van der Waals surface area (Å²) in [5, 5.41) is 11.2. The Morgan fingerprint density at radius 3 is 2.44 bits per heavy atom. The van der Waals surface area contributed by atoms with Gasteiger partial charge >= 0.3 is 0 Å². The fourth-order valence-electron chi connectivity index (χ4n) is 4.01. The van der Waals surface area contributed by atoms with E-state index in [9.17, 15) is 9.59 Å². The van der Waals surface area contributed by atoms with E-state index in [1.54, 1.807) is 41.8 Å². The Morgan fingerprint density at radius 2 is 1.82 bits per heavy atom. The largest absolute Gasteiger partial charge is 0.349 e. The van der Waals surface area contributed by atoms with Gasteiger partial charge in [-0.05, 0) is 76.9 Å². The summed E-state index contributed by atoms with van der Waals surface area (Å²) < 4.78 is 1.84. The summed E-state index contributed by atoms with van der Waals surface area (Å²) in [7, 11) is 0. The second kappa shape index (κ2) is 8.68. The zero-order valence-corrected chi connectivity index (χ0v) is 20.5. The quantitative estimate of drug-likeness (QED) is 0.387. The van der Waals surface area contributed by atoms with Crippen molar-refractivity contribution < 1.29 is 9.59 Å². The lowest BCUT2D eigenvalue weighted by Crippen LogP contribution is -2.25. The first-order valence-corrected chi connectivity index (χ1v) is 12.3. The molecule has 5 rings (SSSR count). The summed E-state index contributed by atoms with van der Waals surface area (Å²) in [5.41, 5.74) is 4.20. The fraction of sp³-hybridized carbons (Fsp3) is 0.308. The molecule has 2 amide bonds. The number of anilines is 1. The first kappa shape index (κ1) is 22.3. The van der Waals surface area contributed by atoms with Gasteiger partial charge < -0.3 is 10.6 Å². The van der Waals surface area contributed by atoms with Crippen LogP contribution in [0.2, 0.25) is 0 Å². The maximum atomic E-state index is 13.4. The van der Waals surface area contributed by atoms with Crippen molar-refractivity contribution in [3.63, 3.8) is 0 Å². The second-order valence-corrected chi connectivity index (χ2v) is 10.5. The molecule has 3 aromatic heterocycles. The molecule has 2 N–H and O–H groups in total. The van der Waals surface area contributed by atoms with E-state index in [4.69, 9.17) is 4.98 Å². The average Bonchev–Trinajstić information content (AvgIpc) is 3.39. The molecule has 0 spiro atoms. The van der Waals surface area contributed by atoms with E-state index in [1.807, 2.05) is 24.6 Å². The summed E-state index contributed by atoms with van der Waals surface area (Å²) in [5.74, 6) is -0.319. The molecular formula is C26H27N5O2S. The van der Waals surface area contributed by atoms with Crippen molar-refractivity contribution in [1.29, 1.82) is 0 Å². The first-order valence-electron chi connectivity index (χ1n) is 11.5. The van der Waals surface area contributed by atoms with Crippen LogP contribution in [0, 0.1) is 13.8 Å². The zero-order valence-electron chi connectivity index (χ0n) is 19.7. The summed E-state index contributed by atoms with van der Waals surface area (Å²) in [6.45, 7) is 8.22. The van der Waals surface area contributed by atoms with Crippen LogP contribution in [-0.2, 0) is 0 Å². The van der Waals surface area contributed by atoms with Crippen molar-refractivity contribution in [2.75, 3.05) is 5.32 Å². The Labute approximate surface area is 202 Å². The van der Waals surface area contributed by atoms with Crippen molar-refractivity contribution >= 4 is 39.9 Å². The van der Waals surface area contributed by atoms with Crippen LogP contribution >= 0.6 is 11.3 Å². The van der Waals surface area contributed by atoms with E-state index >= 15 is 0 Å². The van der Waals surface area contributed by atoms with Crippen LogP contribution in [0.4, 0.5) is 5.69 Å². The van der Waals surface area contributed by atoms with Crippen LogP contribution in [0.25, 0.3) is 22.3 Å². The number of nitrogens with zero attached hydrogens (tertiary/aromatic N) is 3. The van der Waals surface area contributed by atoms with Crippen LogP contribution in [0.1, 0.15) is 63.2 Å². The van der Waals surface area contributed by atoms with E-state index < -0.39 is 0 Å². The molecule has 0 unspecified atom stereocenters. The molecule has 0 bridgehead atoms. The Hall–Kier alpha value is -3.52. The Bertz CT molecular complexity index is 1400. The third-order valence-electron chi connectivity index (χ3n) is 5.93. The Kier molecular flexibility index (Phi) is 5.69. The highest BCUT2D eigenvalue weighted by Crippen LogP contribution is 2.33. The molecule has 8 heteroatoms. The van der Waals surface area contributed by atoms with E-state index in [1.165, 1.54) is 4.88 Å². The topological polar surface area (TPSA) is 88.9 Å². The van der Waals surface area contributed by atoms with Crippen LogP contribution < -0.4 is 10.6 Å². The SMILES string of the molecule is Cc1cc(-c2cc(C(=O)Nc3ccc(C(=O)NC4CC4)cc3)c3cnn(C(C)C)c3n2)c(C)s1. The van der Waals surface area contributed by atoms with Gasteiger partial charge in [0.05, 0.1) is 22.8 Å². The van der Waals surface area contributed by atoms with Gasteiger partial charge in [0.1, 0.15) is 0 Å². The minimum absolute atomic E-state index is 0.0802. The number of carbonyl (C=O) groups is 2. The fourth-order valence-corrected chi connectivity index (χ4v) is 4.94. The van der Waals surface area contributed by atoms with Crippen LogP contribution in [-0.4, -0.2) is 32.6 Å². The molecule has 1 fully saturated rings. The number of hydrogen-bond donors (Lipinski definition) is 2. The van der Waals surface area contributed by atoms with Gasteiger partial charge in [0, 0.05) is 38.7 Å². The van der Waals surface area contributed by atoms with Crippen LogP contribution in [0.5, 0.6) is 0 Å². The van der Waals surface area contributed by atoms with E-state index in [2.05, 4.69) is 35.6 Å². The lowest BCUT2D eigenvalue weighted by molar-refractivity contribution is 0.0950. The predicted molar refractivity (Wildman–Crippen MR) is 136 cm³/mol. The monoisotopic (exact) mass is 473 g/mol. The number of aryl methyl sites for hydroxylation is 2. The summed E-state index contributed by atoms with van der Waals surface area (Å²) >= 11 is 1.71. The van der Waals surface area contributed by atoms with Gasteiger partial charge in [-0.25, -0.2) is 9.67 Å². The number of hydrogen-bond acceptors (Lipinski definition) is 5. The van der Waals surface area contributed by atoms with Gasteiger partial charge in [0.15, 0.2) is 5.65 Å². The van der Waals surface area contributed by atoms with Crippen molar-refractivity contribution in [2.24, 2.45) is 0 Å². The van der Waals surface area contributed by atoms with Gasteiger partial charge in [-0.2, -0.15) is 5.10 Å². The lowest BCUT2D eigenvalue weighted by atomic mass is 10.1. The number of aromatic nitrogens is 3. The van der Waals surface area contributed by atoms with Crippen molar-refractivity contribution in [3.8, 4) is 11.3 Å². The van der Waals surface area contributed by atoms with Gasteiger partial charge in [0.25, 0.3) is 11.8 Å². The molecule has 4 aromatic rings. The van der Waals surface area contributed by atoms with Crippen molar-refractivity contribution in [1.82, 2.24) is 20.1 Å². The van der Waals surface area contributed by atoms with Crippen LogP contribution in [0.3, 0.4) is 0 Å². The number of nitrogens with one attached hydrogen (secondary N) is 2. The maximum absolute atomic E-state index is 13.4. The molecule has 0 aliphatic heterocycles. The third-order valence-corrected chi connectivity index (χ3v) is 6.90. The molecule has 1 saturated carbocycles. The zero-order chi connectivity index (χ0) is 24.0. The normalized spacial score (nSPS) is 13.4. The minimum Gasteiger partial charge on any atom is -0.349 e. The molecule has 1 aromatic carbocycles. The van der Waals surface area contributed by atoms with Gasteiger partial charge in [-0.1, -0.05) is 0 Å². The lowest BCUT2D eigenvalue weighted by Gasteiger charge is -2.11. The smallest absolute Gasteiger partial charge is 0.256 e. The Morgan fingerprint density at radius 1 is 1.09 bits per heavy atom. The van der Waals surface area contributed by atoms with Gasteiger partial charge in [-0.3, -0.25) is 9.59 Å². The van der Waals surface area contributed by atoms with Crippen molar-refractivity contribution in [2.45, 2.75) is 52.6 Å². The summed E-state index contributed by atoms with van der Waals surface area (Å²) in [4.78, 5) is 32.9. The molecule has 1 aliphatic rings. The van der Waals surface area contributed by atoms with Crippen molar-refractivity contribution in [3.05, 3.63) is 63.5 Å². The molecule has 0 radical (unpaired) electrons. The molecular weight excluding hydrogens is 446 g/mol. The van der Waals surface area contributed by atoms with E-state index in [-0.39, 0.29) is 17.9 Å². The number of rotatable bonds is 6. The molecule has 0 saturated heterocycles. The van der Waals surface area contributed by atoms with Gasteiger partial charge in [0.2, 0.25) is 0 Å². The molecule has 0 atom stereocenters. The maximum Gasteiger partial charge on any atom is 0.256 e. The number of benzene rings is 1. The standard InChI is InChI=1S/C26H27N5O2S/c1-14(2)31-24-22(13-27-31)21(12-23(30-24)20-11-15(3)34-16(20)4)26(33)29-18-7-5-17(6-8-18)25(32)28-19-9-10-19/h5-8,11-14,19H,9-10H2,1-4H3,(H,28,32)(H,29,33). The number of carbonyl (C=O) groups excluding carboxylic acids is 2. The third kappa shape index (κ3) is 4.33. The number of thiophene rings is 1.